The zero-order chi connectivity index (χ0) is 14.1. The molecule has 0 unspecified atom stereocenters. The van der Waals surface area contributed by atoms with Gasteiger partial charge < -0.3 is 10.6 Å². The molecule has 1 aliphatic heterocycles. The van der Waals surface area contributed by atoms with Crippen LogP contribution >= 0.6 is 27.5 Å². The second-order valence-corrected chi connectivity index (χ2v) is 5.99. The fourth-order valence-corrected chi connectivity index (χ4v) is 2.80. The summed E-state index contributed by atoms with van der Waals surface area (Å²) in [7, 11) is 0. The third-order valence-electron chi connectivity index (χ3n) is 3.27. The van der Waals surface area contributed by atoms with E-state index in [1.807, 2.05) is 30.3 Å². The number of para-hydroxylation sites is 1. The molecule has 2 aromatic carbocycles. The summed E-state index contributed by atoms with van der Waals surface area (Å²) in [5.41, 5.74) is 2.80. The highest BCUT2D eigenvalue weighted by Crippen LogP contribution is 2.28. The smallest absolute Gasteiger partial charge is 0.247 e. The van der Waals surface area contributed by atoms with Gasteiger partial charge in [-0.3, -0.25) is 4.79 Å². The lowest BCUT2D eigenvalue weighted by atomic mass is 10.1. The molecular formula is C15H12BrClN2O. The number of amides is 1. The minimum absolute atomic E-state index is 0.0822. The maximum Gasteiger partial charge on any atom is 0.247 e. The molecule has 5 heteroatoms. The molecule has 2 N–H and O–H groups in total. The minimum Gasteiger partial charge on any atom is -0.373 e. The standard InChI is InChI=1S/C15H12BrClN2O/c16-10-5-6-11(17)13(8-10)19-15(20)14-7-9-3-1-2-4-12(9)18-14/h1-6,8,14,18H,7H2,(H,19,20)/t14-/m0/s1. The van der Waals surface area contributed by atoms with Crippen molar-refractivity contribution < 1.29 is 4.79 Å². The van der Waals surface area contributed by atoms with Gasteiger partial charge in [-0.15, -0.1) is 0 Å². The summed E-state index contributed by atoms with van der Waals surface area (Å²) in [6, 6.07) is 13.1. The number of halogens is 2. The van der Waals surface area contributed by atoms with Gasteiger partial charge in [-0.1, -0.05) is 45.7 Å². The summed E-state index contributed by atoms with van der Waals surface area (Å²) >= 11 is 9.45. The molecule has 0 saturated heterocycles. The van der Waals surface area contributed by atoms with Crippen molar-refractivity contribution >= 4 is 44.8 Å². The van der Waals surface area contributed by atoms with E-state index >= 15 is 0 Å². The van der Waals surface area contributed by atoms with Crippen LogP contribution in [0.5, 0.6) is 0 Å². The van der Waals surface area contributed by atoms with Gasteiger partial charge in [0.1, 0.15) is 6.04 Å². The van der Waals surface area contributed by atoms with Crippen LogP contribution in [0.4, 0.5) is 11.4 Å². The van der Waals surface area contributed by atoms with Crippen LogP contribution in [0.3, 0.4) is 0 Å². The molecule has 0 spiro atoms. The van der Waals surface area contributed by atoms with Crippen LogP contribution in [0.1, 0.15) is 5.56 Å². The Labute approximate surface area is 130 Å². The zero-order valence-corrected chi connectivity index (χ0v) is 12.8. The second-order valence-electron chi connectivity index (χ2n) is 4.67. The fraction of sp³-hybridized carbons (Fsp3) is 0.133. The van der Waals surface area contributed by atoms with E-state index in [9.17, 15) is 4.79 Å². The first kappa shape index (κ1) is 13.5. The summed E-state index contributed by atoms with van der Waals surface area (Å²) in [5, 5.41) is 6.61. The first-order valence-electron chi connectivity index (χ1n) is 6.24. The zero-order valence-electron chi connectivity index (χ0n) is 10.5. The van der Waals surface area contributed by atoms with Crippen molar-refractivity contribution in [2.45, 2.75) is 12.5 Å². The molecule has 0 saturated carbocycles. The summed E-state index contributed by atoms with van der Waals surface area (Å²) in [6.45, 7) is 0. The maximum atomic E-state index is 12.3. The minimum atomic E-state index is -0.262. The van der Waals surface area contributed by atoms with E-state index in [1.54, 1.807) is 12.1 Å². The number of fused-ring (bicyclic) bond motifs is 1. The first-order valence-corrected chi connectivity index (χ1v) is 7.41. The first-order chi connectivity index (χ1) is 9.63. The van der Waals surface area contributed by atoms with Crippen molar-refractivity contribution in [3.63, 3.8) is 0 Å². The normalized spacial score (nSPS) is 16.4. The van der Waals surface area contributed by atoms with Crippen LogP contribution in [-0.4, -0.2) is 11.9 Å². The third-order valence-corrected chi connectivity index (χ3v) is 4.10. The Hall–Kier alpha value is -1.52. The lowest BCUT2D eigenvalue weighted by Gasteiger charge is -2.13. The van der Waals surface area contributed by atoms with E-state index in [0.29, 0.717) is 17.1 Å². The average Bonchev–Trinajstić information content (AvgIpc) is 2.87. The molecule has 1 heterocycles. The van der Waals surface area contributed by atoms with Crippen LogP contribution in [-0.2, 0) is 11.2 Å². The Kier molecular flexibility index (Phi) is 3.68. The van der Waals surface area contributed by atoms with Crippen LogP contribution in [0.25, 0.3) is 0 Å². The van der Waals surface area contributed by atoms with Gasteiger partial charge in [-0.25, -0.2) is 0 Å². The number of rotatable bonds is 2. The van der Waals surface area contributed by atoms with Gasteiger partial charge in [0.05, 0.1) is 10.7 Å². The van der Waals surface area contributed by atoms with Crippen LogP contribution in [0.15, 0.2) is 46.9 Å². The average molecular weight is 352 g/mol. The Balaban J connectivity index is 1.74. The van der Waals surface area contributed by atoms with Crippen LogP contribution in [0.2, 0.25) is 5.02 Å². The van der Waals surface area contributed by atoms with Crippen molar-refractivity contribution in [1.82, 2.24) is 0 Å². The van der Waals surface area contributed by atoms with E-state index in [0.717, 1.165) is 15.7 Å². The van der Waals surface area contributed by atoms with Gasteiger partial charge in [-0.05, 0) is 29.8 Å². The molecule has 0 aliphatic carbocycles. The number of carbonyl (C=O) groups excluding carboxylic acids is 1. The highest BCUT2D eigenvalue weighted by atomic mass is 79.9. The molecule has 0 fully saturated rings. The van der Waals surface area contributed by atoms with E-state index in [2.05, 4.69) is 26.6 Å². The molecule has 1 aliphatic rings. The molecule has 0 bridgehead atoms. The lowest BCUT2D eigenvalue weighted by Crippen LogP contribution is -2.32. The molecule has 0 radical (unpaired) electrons. The van der Waals surface area contributed by atoms with Crippen molar-refractivity contribution in [1.29, 1.82) is 0 Å². The van der Waals surface area contributed by atoms with E-state index < -0.39 is 0 Å². The van der Waals surface area contributed by atoms with Crippen molar-refractivity contribution in [3.05, 3.63) is 57.5 Å². The van der Waals surface area contributed by atoms with E-state index in [4.69, 9.17) is 11.6 Å². The van der Waals surface area contributed by atoms with E-state index in [1.165, 1.54) is 0 Å². The third kappa shape index (κ3) is 2.67. The van der Waals surface area contributed by atoms with E-state index in [-0.39, 0.29) is 11.9 Å². The molecule has 3 rings (SSSR count). The molecular weight excluding hydrogens is 340 g/mol. The SMILES string of the molecule is O=C(Nc1cc(Br)ccc1Cl)[C@@H]1Cc2ccccc2N1. The van der Waals surface area contributed by atoms with Gasteiger partial charge in [0.15, 0.2) is 0 Å². The van der Waals surface area contributed by atoms with Crippen molar-refractivity contribution in [3.8, 4) is 0 Å². The summed E-state index contributed by atoms with van der Waals surface area (Å²) < 4.78 is 0.875. The van der Waals surface area contributed by atoms with Crippen molar-refractivity contribution in [2.75, 3.05) is 10.6 Å². The monoisotopic (exact) mass is 350 g/mol. The Morgan fingerprint density at radius 1 is 1.30 bits per heavy atom. The predicted molar refractivity (Wildman–Crippen MR) is 85.3 cm³/mol. The van der Waals surface area contributed by atoms with Crippen molar-refractivity contribution in [2.24, 2.45) is 0 Å². The molecule has 2 aromatic rings. The number of hydrogen-bond acceptors (Lipinski definition) is 2. The number of hydrogen-bond donors (Lipinski definition) is 2. The second kappa shape index (κ2) is 5.46. The van der Waals surface area contributed by atoms with Gasteiger partial charge in [-0.2, -0.15) is 0 Å². The number of anilines is 2. The molecule has 20 heavy (non-hydrogen) atoms. The molecule has 1 amide bonds. The Bertz CT molecular complexity index is 650. The number of carbonyl (C=O) groups is 1. The maximum absolute atomic E-state index is 12.3. The van der Waals surface area contributed by atoms with Gasteiger partial charge in [0, 0.05) is 16.6 Å². The molecule has 102 valence electrons. The van der Waals surface area contributed by atoms with Crippen LogP contribution in [0, 0.1) is 0 Å². The molecule has 1 atom stereocenters. The number of nitrogens with one attached hydrogen (secondary N) is 2. The summed E-state index contributed by atoms with van der Waals surface area (Å²) in [5.74, 6) is -0.0822. The highest BCUT2D eigenvalue weighted by Gasteiger charge is 2.26. The van der Waals surface area contributed by atoms with Gasteiger partial charge in [0.2, 0.25) is 5.91 Å². The lowest BCUT2D eigenvalue weighted by molar-refractivity contribution is -0.116. The predicted octanol–water partition coefficient (Wildman–Crippen LogP) is 4.08. The van der Waals surface area contributed by atoms with Gasteiger partial charge >= 0.3 is 0 Å². The van der Waals surface area contributed by atoms with Gasteiger partial charge in [0.25, 0.3) is 0 Å². The number of benzene rings is 2. The highest BCUT2D eigenvalue weighted by molar-refractivity contribution is 9.10. The quantitative estimate of drug-likeness (QED) is 0.856. The fourth-order valence-electron chi connectivity index (χ4n) is 2.27. The summed E-state index contributed by atoms with van der Waals surface area (Å²) in [6.07, 6.45) is 0.688. The molecule has 3 nitrogen and oxygen atoms in total. The van der Waals surface area contributed by atoms with Crippen LogP contribution < -0.4 is 10.6 Å². The summed E-state index contributed by atoms with van der Waals surface area (Å²) in [4.78, 5) is 12.3. The Morgan fingerprint density at radius 3 is 2.90 bits per heavy atom. The largest absolute Gasteiger partial charge is 0.373 e. The topological polar surface area (TPSA) is 41.1 Å². The Morgan fingerprint density at radius 2 is 2.10 bits per heavy atom. The molecule has 0 aromatic heterocycles.